The zero-order valence-corrected chi connectivity index (χ0v) is 12.9. The molecule has 2 N–H and O–H groups in total. The third-order valence-corrected chi connectivity index (χ3v) is 3.72. The summed E-state index contributed by atoms with van der Waals surface area (Å²) in [7, 11) is 0. The number of non-ortho nitro benzene ring substituents is 1. The van der Waals surface area contributed by atoms with Crippen molar-refractivity contribution in [3.8, 4) is 11.3 Å². The highest BCUT2D eigenvalue weighted by atomic mass is 79.9. The van der Waals surface area contributed by atoms with Gasteiger partial charge in [-0.05, 0) is 34.1 Å². The SMILES string of the molecule is O=C1NC(=O)/C(=C/c2ccc(-c3ccc([N+](=O)[O-])cc3Br)o2)N1. The van der Waals surface area contributed by atoms with Crippen molar-refractivity contribution in [3.05, 3.63) is 56.4 Å². The monoisotopic (exact) mass is 377 g/mol. The first-order chi connectivity index (χ1) is 10.9. The molecule has 116 valence electrons. The zero-order chi connectivity index (χ0) is 16.6. The number of nitro benzene ring substituents is 1. The number of carbonyl (C=O) groups excluding carboxylic acids is 2. The van der Waals surface area contributed by atoms with Crippen LogP contribution >= 0.6 is 15.9 Å². The number of furan rings is 1. The number of benzene rings is 1. The molecule has 1 aromatic heterocycles. The van der Waals surface area contributed by atoms with Crippen LogP contribution in [0, 0.1) is 10.1 Å². The van der Waals surface area contributed by atoms with Crippen LogP contribution in [0.15, 0.2) is 44.9 Å². The Morgan fingerprint density at radius 3 is 2.57 bits per heavy atom. The van der Waals surface area contributed by atoms with Crippen LogP contribution in [-0.2, 0) is 4.79 Å². The van der Waals surface area contributed by atoms with Crippen molar-refractivity contribution in [2.45, 2.75) is 0 Å². The number of carbonyl (C=O) groups is 2. The number of hydrogen-bond donors (Lipinski definition) is 2. The molecule has 0 bridgehead atoms. The van der Waals surface area contributed by atoms with E-state index in [1.807, 2.05) is 0 Å². The fourth-order valence-electron chi connectivity index (χ4n) is 2.02. The quantitative estimate of drug-likeness (QED) is 0.369. The number of rotatable bonds is 3. The number of hydrogen-bond acceptors (Lipinski definition) is 5. The molecule has 0 radical (unpaired) electrons. The maximum absolute atomic E-state index is 11.4. The Kier molecular flexibility index (Phi) is 3.70. The Morgan fingerprint density at radius 2 is 1.96 bits per heavy atom. The van der Waals surface area contributed by atoms with Crippen molar-refractivity contribution in [2.75, 3.05) is 0 Å². The molecule has 1 aliphatic rings. The number of halogens is 1. The van der Waals surface area contributed by atoms with Gasteiger partial charge >= 0.3 is 6.03 Å². The minimum absolute atomic E-state index is 0.0418. The van der Waals surface area contributed by atoms with Gasteiger partial charge in [-0.15, -0.1) is 0 Å². The van der Waals surface area contributed by atoms with Gasteiger partial charge in [0.05, 0.1) is 4.92 Å². The van der Waals surface area contributed by atoms with Crippen LogP contribution in [0.4, 0.5) is 10.5 Å². The summed E-state index contributed by atoms with van der Waals surface area (Å²) in [6.07, 6.45) is 1.39. The number of urea groups is 1. The molecule has 3 amide bonds. The summed E-state index contributed by atoms with van der Waals surface area (Å²) < 4.78 is 6.10. The summed E-state index contributed by atoms with van der Waals surface area (Å²) in [4.78, 5) is 32.7. The lowest BCUT2D eigenvalue weighted by molar-refractivity contribution is -0.384. The molecule has 1 fully saturated rings. The van der Waals surface area contributed by atoms with Crippen LogP contribution in [0.3, 0.4) is 0 Å². The van der Waals surface area contributed by atoms with Gasteiger partial charge in [-0.1, -0.05) is 0 Å². The molecule has 3 rings (SSSR count). The highest BCUT2D eigenvalue weighted by Crippen LogP contribution is 2.32. The lowest BCUT2D eigenvalue weighted by atomic mass is 10.1. The molecule has 9 heteroatoms. The summed E-state index contributed by atoms with van der Waals surface area (Å²) >= 11 is 3.27. The minimum Gasteiger partial charge on any atom is -0.457 e. The maximum Gasteiger partial charge on any atom is 0.326 e. The molecule has 2 heterocycles. The number of nitrogens with zero attached hydrogens (tertiary/aromatic N) is 1. The minimum atomic E-state index is -0.592. The molecule has 0 aliphatic carbocycles. The van der Waals surface area contributed by atoms with Crippen molar-refractivity contribution in [3.63, 3.8) is 0 Å². The first kappa shape index (κ1) is 15.0. The molecule has 2 aromatic rings. The predicted octanol–water partition coefficient (Wildman–Crippen LogP) is 2.80. The fraction of sp³-hybridized carbons (Fsp3) is 0. The Labute approximate surface area is 137 Å². The van der Waals surface area contributed by atoms with E-state index in [4.69, 9.17) is 4.42 Å². The number of imide groups is 1. The van der Waals surface area contributed by atoms with E-state index < -0.39 is 16.9 Å². The molecule has 0 saturated carbocycles. The van der Waals surface area contributed by atoms with Crippen LogP contribution < -0.4 is 10.6 Å². The van der Waals surface area contributed by atoms with E-state index in [0.717, 1.165) is 0 Å². The highest BCUT2D eigenvalue weighted by molar-refractivity contribution is 9.10. The van der Waals surface area contributed by atoms with Gasteiger partial charge in [0.2, 0.25) is 0 Å². The summed E-state index contributed by atoms with van der Waals surface area (Å²) in [5, 5.41) is 15.2. The third-order valence-electron chi connectivity index (χ3n) is 3.06. The van der Waals surface area contributed by atoms with Gasteiger partial charge < -0.3 is 9.73 Å². The van der Waals surface area contributed by atoms with E-state index in [-0.39, 0.29) is 11.4 Å². The smallest absolute Gasteiger partial charge is 0.326 e. The Morgan fingerprint density at radius 1 is 1.17 bits per heavy atom. The number of nitrogens with one attached hydrogen (secondary N) is 2. The van der Waals surface area contributed by atoms with Crippen molar-refractivity contribution in [2.24, 2.45) is 0 Å². The largest absolute Gasteiger partial charge is 0.457 e. The van der Waals surface area contributed by atoms with Crippen LogP contribution in [0.25, 0.3) is 17.4 Å². The van der Waals surface area contributed by atoms with Crippen LogP contribution in [0.1, 0.15) is 5.76 Å². The summed E-state index contributed by atoms with van der Waals surface area (Å²) in [5.41, 5.74) is 0.665. The molecule has 1 saturated heterocycles. The fourth-order valence-corrected chi connectivity index (χ4v) is 2.58. The van der Waals surface area contributed by atoms with Gasteiger partial charge in [0, 0.05) is 28.2 Å². The van der Waals surface area contributed by atoms with Crippen LogP contribution in [0.5, 0.6) is 0 Å². The van der Waals surface area contributed by atoms with Crippen LogP contribution in [-0.4, -0.2) is 16.9 Å². The number of nitro groups is 1. The molecular weight excluding hydrogens is 370 g/mol. The molecule has 0 spiro atoms. The third kappa shape index (κ3) is 2.99. The van der Waals surface area contributed by atoms with Gasteiger partial charge in [-0.3, -0.25) is 20.2 Å². The first-order valence-corrected chi connectivity index (χ1v) is 7.11. The Hall–Kier alpha value is -2.94. The maximum atomic E-state index is 11.4. The van der Waals surface area contributed by atoms with Crippen molar-refractivity contribution in [1.82, 2.24) is 10.6 Å². The summed E-state index contributed by atoms with van der Waals surface area (Å²) in [5.74, 6) is 0.283. The molecule has 8 nitrogen and oxygen atoms in total. The molecule has 1 aliphatic heterocycles. The molecule has 0 unspecified atom stereocenters. The highest BCUT2D eigenvalue weighted by Gasteiger charge is 2.23. The topological polar surface area (TPSA) is 114 Å². The zero-order valence-electron chi connectivity index (χ0n) is 11.3. The van der Waals surface area contributed by atoms with Gasteiger partial charge in [0.25, 0.3) is 11.6 Å². The average Bonchev–Trinajstić information content (AvgIpc) is 3.06. The molecular formula is C14H8BrN3O5. The van der Waals surface area contributed by atoms with Gasteiger partial charge in [-0.2, -0.15) is 0 Å². The van der Waals surface area contributed by atoms with Crippen LogP contribution in [0.2, 0.25) is 0 Å². The summed E-state index contributed by atoms with van der Waals surface area (Å²) in [6.45, 7) is 0. The molecule has 23 heavy (non-hydrogen) atoms. The lowest BCUT2D eigenvalue weighted by Gasteiger charge is -2.01. The molecule has 1 aromatic carbocycles. The number of amides is 3. The van der Waals surface area contributed by atoms with Gasteiger partial charge in [-0.25, -0.2) is 4.79 Å². The van der Waals surface area contributed by atoms with Crippen molar-refractivity contribution in [1.29, 1.82) is 0 Å². The average molecular weight is 378 g/mol. The second-order valence-electron chi connectivity index (χ2n) is 4.59. The van der Waals surface area contributed by atoms with Crippen molar-refractivity contribution >= 4 is 39.6 Å². The Bertz CT molecular complexity index is 871. The van der Waals surface area contributed by atoms with E-state index in [0.29, 0.717) is 21.6 Å². The van der Waals surface area contributed by atoms with E-state index >= 15 is 0 Å². The second-order valence-corrected chi connectivity index (χ2v) is 5.44. The predicted molar refractivity (Wildman–Crippen MR) is 83.1 cm³/mol. The van der Waals surface area contributed by atoms with E-state index in [1.165, 1.54) is 18.2 Å². The normalized spacial score (nSPS) is 15.6. The van der Waals surface area contributed by atoms with E-state index in [9.17, 15) is 19.7 Å². The standard InChI is InChI=1S/C14H8BrN3O5/c15-10-5-7(18(21)22)1-3-9(10)12-4-2-8(23-12)6-11-13(19)17-14(20)16-11/h1-6H,(H2,16,17,19,20)/b11-6-. The second kappa shape index (κ2) is 5.69. The first-order valence-electron chi connectivity index (χ1n) is 6.32. The Balaban J connectivity index is 1.91. The van der Waals surface area contributed by atoms with Gasteiger partial charge in [0.1, 0.15) is 17.2 Å². The van der Waals surface area contributed by atoms with E-state index in [1.54, 1.807) is 18.2 Å². The molecule has 0 atom stereocenters. The lowest BCUT2D eigenvalue weighted by Crippen LogP contribution is -2.22. The van der Waals surface area contributed by atoms with Gasteiger partial charge in [0.15, 0.2) is 0 Å². The summed E-state index contributed by atoms with van der Waals surface area (Å²) in [6, 6.07) is 6.99. The van der Waals surface area contributed by atoms with E-state index in [2.05, 4.69) is 26.6 Å². The van der Waals surface area contributed by atoms with Crippen molar-refractivity contribution < 1.29 is 18.9 Å².